The van der Waals surface area contributed by atoms with Crippen LogP contribution >= 0.6 is 0 Å². The largest absolute Gasteiger partial charge is 0.457 e. The summed E-state index contributed by atoms with van der Waals surface area (Å²) < 4.78 is 22.9. The summed E-state index contributed by atoms with van der Waals surface area (Å²) in [5, 5.41) is 11.1. The third-order valence-electron chi connectivity index (χ3n) is 5.84. The number of aliphatic hydroxyl groups is 1. The molecule has 35 heavy (non-hydrogen) atoms. The molecular formula is C26H27NO8. The normalized spacial score (nSPS) is 25.9. The molecule has 9 nitrogen and oxygen atoms in total. The Balaban J connectivity index is 1.60. The first-order valence-corrected chi connectivity index (χ1v) is 11.2. The fourth-order valence-electron chi connectivity index (χ4n) is 4.29. The van der Waals surface area contributed by atoms with Crippen molar-refractivity contribution in [3.05, 3.63) is 83.9 Å². The highest BCUT2D eigenvalue weighted by atomic mass is 16.7. The van der Waals surface area contributed by atoms with Crippen LogP contribution in [0.1, 0.15) is 33.2 Å². The van der Waals surface area contributed by atoms with Gasteiger partial charge in [-0.3, -0.25) is 19.3 Å². The van der Waals surface area contributed by atoms with Gasteiger partial charge in [0, 0.05) is 6.92 Å². The molecule has 0 spiro atoms. The lowest BCUT2D eigenvalue weighted by Gasteiger charge is -2.46. The Hall–Kier alpha value is -3.37. The van der Waals surface area contributed by atoms with E-state index in [1.54, 1.807) is 12.1 Å². The number of benzene rings is 2. The lowest BCUT2D eigenvalue weighted by atomic mass is 9.95. The van der Waals surface area contributed by atoms with E-state index in [0.29, 0.717) is 0 Å². The highest BCUT2D eigenvalue weighted by Crippen LogP contribution is 2.34. The van der Waals surface area contributed by atoms with Gasteiger partial charge in [-0.15, -0.1) is 6.58 Å². The van der Waals surface area contributed by atoms with Crippen LogP contribution in [0, 0.1) is 0 Å². The third-order valence-corrected chi connectivity index (χ3v) is 5.84. The van der Waals surface area contributed by atoms with Gasteiger partial charge in [-0.05, 0) is 17.7 Å². The number of hydrogen-bond acceptors (Lipinski definition) is 8. The van der Waals surface area contributed by atoms with Crippen LogP contribution in [0.4, 0.5) is 0 Å². The molecule has 0 radical (unpaired) electrons. The van der Waals surface area contributed by atoms with Crippen LogP contribution in [0.2, 0.25) is 0 Å². The molecule has 0 aromatic heterocycles. The van der Waals surface area contributed by atoms with Gasteiger partial charge < -0.3 is 24.1 Å². The molecule has 0 saturated carbocycles. The molecule has 1 saturated heterocycles. The predicted octanol–water partition coefficient (Wildman–Crippen LogP) is 2.09. The van der Waals surface area contributed by atoms with Crippen molar-refractivity contribution in [3.8, 4) is 0 Å². The Bertz CT molecular complexity index is 1050. The maximum absolute atomic E-state index is 13.2. The first kappa shape index (κ1) is 24.7. The number of esters is 1. The standard InChI is InChI=1S/C26H27NO8/c1-3-13-33-26-21(27-24(30)18-11-7-8-12-19(18)25(27)31)23(34-16(2)28)22(29)20(35-26)15-32-14-17-9-5-4-6-10-17/h3-12,20-23,26,29H,1,13-15H2,2H3/t20-,21-,22-,23-,26-/m1/s1. The van der Waals surface area contributed by atoms with Gasteiger partial charge in [0.15, 0.2) is 12.4 Å². The fraction of sp³-hybridized carbons (Fsp3) is 0.346. The van der Waals surface area contributed by atoms with Crippen LogP contribution in [-0.2, 0) is 30.3 Å². The number of aliphatic hydroxyl groups excluding tert-OH is 1. The van der Waals surface area contributed by atoms with Crippen LogP contribution in [0.25, 0.3) is 0 Å². The molecule has 2 heterocycles. The molecule has 0 unspecified atom stereocenters. The van der Waals surface area contributed by atoms with Crippen LogP contribution in [0.3, 0.4) is 0 Å². The first-order chi connectivity index (χ1) is 16.9. The zero-order chi connectivity index (χ0) is 24.9. The lowest BCUT2D eigenvalue weighted by Crippen LogP contribution is -2.66. The highest BCUT2D eigenvalue weighted by Gasteiger charge is 2.55. The highest BCUT2D eigenvalue weighted by molar-refractivity contribution is 6.21. The number of ether oxygens (including phenoxy) is 4. The molecule has 1 N–H and O–H groups in total. The van der Waals surface area contributed by atoms with E-state index in [1.807, 2.05) is 30.3 Å². The number of carbonyl (C=O) groups is 3. The van der Waals surface area contributed by atoms with Gasteiger partial charge in [0.05, 0.1) is 30.9 Å². The number of fused-ring (bicyclic) bond motifs is 1. The van der Waals surface area contributed by atoms with E-state index in [1.165, 1.54) is 25.1 Å². The summed E-state index contributed by atoms with van der Waals surface area (Å²) in [5.74, 6) is -1.87. The molecule has 2 aromatic rings. The van der Waals surface area contributed by atoms with Crippen molar-refractivity contribution in [2.24, 2.45) is 0 Å². The van der Waals surface area contributed by atoms with Gasteiger partial charge in [0.25, 0.3) is 11.8 Å². The fourth-order valence-corrected chi connectivity index (χ4v) is 4.29. The Labute approximate surface area is 202 Å². The minimum absolute atomic E-state index is 0.0326. The molecule has 2 amide bonds. The quantitative estimate of drug-likeness (QED) is 0.329. The summed E-state index contributed by atoms with van der Waals surface area (Å²) in [7, 11) is 0. The van der Waals surface area contributed by atoms with Gasteiger partial charge >= 0.3 is 5.97 Å². The number of nitrogens with zero attached hydrogens (tertiary/aromatic N) is 1. The second-order valence-corrected chi connectivity index (χ2v) is 8.25. The predicted molar refractivity (Wildman–Crippen MR) is 123 cm³/mol. The zero-order valence-electron chi connectivity index (χ0n) is 19.2. The Morgan fingerprint density at radius 1 is 1.09 bits per heavy atom. The number of amides is 2. The van der Waals surface area contributed by atoms with Gasteiger partial charge in [-0.2, -0.15) is 0 Å². The summed E-state index contributed by atoms with van der Waals surface area (Å²) in [5.41, 5.74) is 1.35. The summed E-state index contributed by atoms with van der Waals surface area (Å²) in [6, 6.07) is 14.6. The number of carbonyl (C=O) groups excluding carboxylic acids is 3. The van der Waals surface area contributed by atoms with E-state index in [-0.39, 0.29) is 30.9 Å². The van der Waals surface area contributed by atoms with Crippen molar-refractivity contribution in [1.82, 2.24) is 4.90 Å². The maximum Gasteiger partial charge on any atom is 0.303 e. The molecule has 9 heteroatoms. The van der Waals surface area contributed by atoms with Crippen molar-refractivity contribution in [2.75, 3.05) is 13.2 Å². The van der Waals surface area contributed by atoms with Crippen molar-refractivity contribution < 1.29 is 38.4 Å². The van der Waals surface area contributed by atoms with E-state index < -0.39 is 48.4 Å². The second-order valence-electron chi connectivity index (χ2n) is 8.25. The average molecular weight is 482 g/mol. The van der Waals surface area contributed by atoms with Crippen LogP contribution in [-0.4, -0.2) is 71.6 Å². The van der Waals surface area contributed by atoms with E-state index in [0.717, 1.165) is 10.5 Å². The number of imide groups is 1. The molecule has 2 aromatic carbocycles. The lowest BCUT2D eigenvalue weighted by molar-refractivity contribution is -0.282. The average Bonchev–Trinajstić information content (AvgIpc) is 3.10. The summed E-state index contributed by atoms with van der Waals surface area (Å²) in [6.07, 6.45) is -3.37. The first-order valence-electron chi connectivity index (χ1n) is 11.2. The van der Waals surface area contributed by atoms with Gasteiger partial charge in [-0.1, -0.05) is 48.5 Å². The topological polar surface area (TPSA) is 112 Å². The smallest absolute Gasteiger partial charge is 0.303 e. The maximum atomic E-state index is 13.2. The Morgan fingerprint density at radius 3 is 2.31 bits per heavy atom. The van der Waals surface area contributed by atoms with Crippen molar-refractivity contribution in [2.45, 2.75) is 44.2 Å². The summed E-state index contributed by atoms with van der Waals surface area (Å²) >= 11 is 0. The van der Waals surface area contributed by atoms with E-state index >= 15 is 0 Å². The van der Waals surface area contributed by atoms with E-state index in [9.17, 15) is 19.5 Å². The third kappa shape index (κ3) is 5.18. The van der Waals surface area contributed by atoms with Gasteiger partial charge in [0.1, 0.15) is 18.2 Å². The number of hydrogen-bond donors (Lipinski definition) is 1. The second kappa shape index (κ2) is 10.9. The molecule has 0 bridgehead atoms. The SMILES string of the molecule is C=CCO[C@@H]1O[C@H](COCc2ccccc2)[C@@H](O)[C@H](OC(C)=O)[C@H]1N1C(=O)c2ccccc2C1=O. The van der Waals surface area contributed by atoms with Crippen LogP contribution in [0.5, 0.6) is 0 Å². The summed E-state index contributed by atoms with van der Waals surface area (Å²) in [4.78, 5) is 39.3. The molecular weight excluding hydrogens is 454 g/mol. The molecule has 0 aliphatic carbocycles. The molecule has 5 atom stereocenters. The van der Waals surface area contributed by atoms with Crippen molar-refractivity contribution >= 4 is 17.8 Å². The minimum atomic E-state index is -1.40. The zero-order valence-corrected chi connectivity index (χ0v) is 19.2. The Morgan fingerprint density at radius 2 is 1.71 bits per heavy atom. The van der Waals surface area contributed by atoms with Gasteiger partial charge in [0.2, 0.25) is 0 Å². The minimum Gasteiger partial charge on any atom is -0.457 e. The molecule has 2 aliphatic heterocycles. The molecule has 184 valence electrons. The van der Waals surface area contributed by atoms with Crippen molar-refractivity contribution in [1.29, 1.82) is 0 Å². The number of rotatable bonds is 9. The van der Waals surface area contributed by atoms with Gasteiger partial charge in [-0.25, -0.2) is 0 Å². The monoisotopic (exact) mass is 481 g/mol. The summed E-state index contributed by atoms with van der Waals surface area (Å²) in [6.45, 7) is 5.07. The van der Waals surface area contributed by atoms with E-state index in [2.05, 4.69) is 6.58 Å². The van der Waals surface area contributed by atoms with Crippen LogP contribution in [0.15, 0.2) is 67.3 Å². The van der Waals surface area contributed by atoms with E-state index in [4.69, 9.17) is 18.9 Å². The Kier molecular flexibility index (Phi) is 7.72. The molecule has 4 rings (SSSR count). The molecule has 2 aliphatic rings. The van der Waals surface area contributed by atoms with Crippen molar-refractivity contribution in [3.63, 3.8) is 0 Å². The molecule has 1 fully saturated rings. The van der Waals surface area contributed by atoms with Crippen LogP contribution < -0.4 is 0 Å².